The second kappa shape index (κ2) is 5.88. The molecule has 0 amide bonds. The van der Waals surface area contributed by atoms with Crippen LogP contribution in [0.3, 0.4) is 0 Å². The zero-order valence-corrected chi connectivity index (χ0v) is 11.3. The molecule has 2 heterocycles. The summed E-state index contributed by atoms with van der Waals surface area (Å²) in [5, 5.41) is 8.98. The largest absolute Gasteiger partial charge is 0.390 e. The molecular formula is C15H18N4O. The van der Waals surface area contributed by atoms with Gasteiger partial charge in [-0.2, -0.15) is 0 Å². The minimum atomic E-state index is -0.0605. The maximum Gasteiger partial charge on any atom is 0.147 e. The van der Waals surface area contributed by atoms with Gasteiger partial charge in [0, 0.05) is 31.9 Å². The Balaban J connectivity index is 1.63. The molecule has 5 nitrogen and oxygen atoms in total. The maximum absolute atomic E-state index is 8.98. The highest BCUT2D eigenvalue weighted by Gasteiger charge is 2.18. The highest BCUT2D eigenvalue weighted by molar-refractivity contribution is 5.48. The first-order chi connectivity index (χ1) is 9.86. The van der Waals surface area contributed by atoms with E-state index in [-0.39, 0.29) is 6.61 Å². The Morgan fingerprint density at radius 3 is 2.20 bits per heavy atom. The summed E-state index contributed by atoms with van der Waals surface area (Å²) in [5.41, 5.74) is 1.88. The molecular weight excluding hydrogens is 252 g/mol. The van der Waals surface area contributed by atoms with E-state index in [1.54, 1.807) is 12.4 Å². The molecule has 20 heavy (non-hydrogen) atoms. The standard InChI is InChI=1S/C15H18N4O/c20-12-13-10-17-15(11-16-13)19-8-6-18(7-9-19)14-4-2-1-3-5-14/h1-5,10-11,20H,6-9,12H2. The summed E-state index contributed by atoms with van der Waals surface area (Å²) in [4.78, 5) is 13.1. The highest BCUT2D eigenvalue weighted by atomic mass is 16.3. The lowest BCUT2D eigenvalue weighted by Crippen LogP contribution is -2.46. The van der Waals surface area contributed by atoms with Crippen LogP contribution < -0.4 is 9.80 Å². The lowest BCUT2D eigenvalue weighted by molar-refractivity contribution is 0.276. The SMILES string of the molecule is OCc1cnc(N2CCN(c3ccccc3)CC2)cn1. The normalized spacial score (nSPS) is 15.4. The third kappa shape index (κ3) is 2.72. The van der Waals surface area contributed by atoms with Crippen molar-refractivity contribution in [1.29, 1.82) is 0 Å². The van der Waals surface area contributed by atoms with Gasteiger partial charge < -0.3 is 14.9 Å². The number of nitrogens with zero attached hydrogens (tertiary/aromatic N) is 4. The van der Waals surface area contributed by atoms with E-state index < -0.39 is 0 Å². The summed E-state index contributed by atoms with van der Waals surface area (Å²) in [7, 11) is 0. The van der Waals surface area contributed by atoms with Crippen molar-refractivity contribution in [3.05, 3.63) is 48.4 Å². The first-order valence-electron chi connectivity index (χ1n) is 6.83. The molecule has 0 spiro atoms. The quantitative estimate of drug-likeness (QED) is 0.911. The molecule has 104 valence electrons. The Kier molecular flexibility index (Phi) is 3.78. The zero-order chi connectivity index (χ0) is 13.8. The van der Waals surface area contributed by atoms with Crippen molar-refractivity contribution in [3.8, 4) is 0 Å². The van der Waals surface area contributed by atoms with E-state index in [9.17, 15) is 0 Å². The van der Waals surface area contributed by atoms with Crippen molar-refractivity contribution in [1.82, 2.24) is 9.97 Å². The highest BCUT2D eigenvalue weighted by Crippen LogP contribution is 2.18. The predicted molar refractivity (Wildman–Crippen MR) is 78.8 cm³/mol. The van der Waals surface area contributed by atoms with Crippen LogP contribution in [0.1, 0.15) is 5.69 Å². The van der Waals surface area contributed by atoms with Crippen LogP contribution in [0.5, 0.6) is 0 Å². The van der Waals surface area contributed by atoms with Crippen molar-refractivity contribution >= 4 is 11.5 Å². The first kappa shape index (κ1) is 12.9. The van der Waals surface area contributed by atoms with Crippen LogP contribution in [0.2, 0.25) is 0 Å². The first-order valence-corrected chi connectivity index (χ1v) is 6.83. The molecule has 0 saturated carbocycles. The van der Waals surface area contributed by atoms with Crippen LogP contribution in [0.15, 0.2) is 42.7 Å². The number of aromatic nitrogens is 2. The summed E-state index contributed by atoms with van der Waals surface area (Å²) < 4.78 is 0. The number of hydrogen-bond donors (Lipinski definition) is 1. The fourth-order valence-corrected chi connectivity index (χ4v) is 2.43. The van der Waals surface area contributed by atoms with Crippen LogP contribution in [-0.2, 0) is 6.61 Å². The monoisotopic (exact) mass is 270 g/mol. The Morgan fingerprint density at radius 1 is 0.900 bits per heavy atom. The molecule has 0 bridgehead atoms. The summed E-state index contributed by atoms with van der Waals surface area (Å²) >= 11 is 0. The molecule has 1 aliphatic heterocycles. The number of piperazine rings is 1. The Hall–Kier alpha value is -2.14. The van der Waals surface area contributed by atoms with E-state index in [0.29, 0.717) is 5.69 Å². The zero-order valence-electron chi connectivity index (χ0n) is 11.3. The molecule has 1 aromatic carbocycles. The number of rotatable bonds is 3. The molecule has 1 aromatic heterocycles. The molecule has 0 radical (unpaired) electrons. The van der Waals surface area contributed by atoms with Gasteiger partial charge in [0.1, 0.15) is 5.82 Å². The van der Waals surface area contributed by atoms with Gasteiger partial charge in [0.15, 0.2) is 0 Å². The fourth-order valence-electron chi connectivity index (χ4n) is 2.43. The molecule has 1 fully saturated rings. The summed E-state index contributed by atoms with van der Waals surface area (Å²) in [6.07, 6.45) is 3.38. The smallest absolute Gasteiger partial charge is 0.147 e. The van der Waals surface area contributed by atoms with E-state index in [4.69, 9.17) is 5.11 Å². The van der Waals surface area contributed by atoms with Crippen LogP contribution in [0, 0.1) is 0 Å². The molecule has 0 unspecified atom stereocenters. The fraction of sp³-hybridized carbons (Fsp3) is 0.333. The second-order valence-corrected chi connectivity index (χ2v) is 4.83. The number of anilines is 2. The molecule has 0 aliphatic carbocycles. The van der Waals surface area contributed by atoms with Crippen LogP contribution in [0.25, 0.3) is 0 Å². The molecule has 0 atom stereocenters. The molecule has 1 aliphatic rings. The number of aliphatic hydroxyl groups excluding tert-OH is 1. The Labute approximate surface area is 118 Å². The van der Waals surface area contributed by atoms with Crippen LogP contribution in [-0.4, -0.2) is 41.3 Å². The van der Waals surface area contributed by atoms with Gasteiger partial charge in [-0.05, 0) is 12.1 Å². The number of hydrogen-bond acceptors (Lipinski definition) is 5. The van der Waals surface area contributed by atoms with Gasteiger partial charge in [0.2, 0.25) is 0 Å². The minimum absolute atomic E-state index is 0.0605. The molecule has 2 aromatic rings. The summed E-state index contributed by atoms with van der Waals surface area (Å²) in [6.45, 7) is 3.76. The van der Waals surface area contributed by atoms with Crippen molar-refractivity contribution in [3.63, 3.8) is 0 Å². The number of para-hydroxylation sites is 1. The third-order valence-corrected chi connectivity index (χ3v) is 3.58. The number of aliphatic hydroxyl groups is 1. The molecule has 1 saturated heterocycles. The van der Waals surface area contributed by atoms with Gasteiger partial charge in [-0.3, -0.25) is 4.98 Å². The van der Waals surface area contributed by atoms with Gasteiger partial charge in [-0.25, -0.2) is 4.98 Å². The molecule has 1 N–H and O–H groups in total. The van der Waals surface area contributed by atoms with Crippen molar-refractivity contribution in [2.24, 2.45) is 0 Å². The Bertz CT molecular complexity index is 536. The van der Waals surface area contributed by atoms with Gasteiger partial charge >= 0.3 is 0 Å². The minimum Gasteiger partial charge on any atom is -0.390 e. The maximum atomic E-state index is 8.98. The van der Waals surface area contributed by atoms with Crippen molar-refractivity contribution < 1.29 is 5.11 Å². The summed E-state index contributed by atoms with van der Waals surface area (Å²) in [5.74, 6) is 0.884. The second-order valence-electron chi connectivity index (χ2n) is 4.83. The van der Waals surface area contributed by atoms with Gasteiger partial charge in [0.05, 0.1) is 24.7 Å². The number of benzene rings is 1. The van der Waals surface area contributed by atoms with E-state index >= 15 is 0 Å². The lowest BCUT2D eigenvalue weighted by Gasteiger charge is -2.36. The Morgan fingerprint density at radius 2 is 1.60 bits per heavy atom. The van der Waals surface area contributed by atoms with E-state index in [2.05, 4.69) is 44.0 Å². The van der Waals surface area contributed by atoms with Gasteiger partial charge in [-0.15, -0.1) is 0 Å². The summed E-state index contributed by atoms with van der Waals surface area (Å²) in [6, 6.07) is 10.5. The van der Waals surface area contributed by atoms with E-state index in [1.807, 2.05) is 6.07 Å². The third-order valence-electron chi connectivity index (χ3n) is 3.58. The predicted octanol–water partition coefficient (Wildman–Crippen LogP) is 1.30. The van der Waals surface area contributed by atoms with E-state index in [1.165, 1.54) is 5.69 Å². The van der Waals surface area contributed by atoms with Crippen molar-refractivity contribution in [2.45, 2.75) is 6.61 Å². The molecule has 3 rings (SSSR count). The van der Waals surface area contributed by atoms with Crippen molar-refractivity contribution in [2.75, 3.05) is 36.0 Å². The van der Waals surface area contributed by atoms with Crippen LogP contribution in [0.4, 0.5) is 11.5 Å². The lowest BCUT2D eigenvalue weighted by atomic mass is 10.2. The van der Waals surface area contributed by atoms with Crippen LogP contribution >= 0.6 is 0 Å². The van der Waals surface area contributed by atoms with Gasteiger partial charge in [-0.1, -0.05) is 18.2 Å². The topological polar surface area (TPSA) is 52.5 Å². The molecule has 5 heteroatoms. The van der Waals surface area contributed by atoms with Gasteiger partial charge in [0.25, 0.3) is 0 Å². The average molecular weight is 270 g/mol. The van der Waals surface area contributed by atoms with E-state index in [0.717, 1.165) is 32.0 Å². The average Bonchev–Trinajstić information content (AvgIpc) is 2.56.